The van der Waals surface area contributed by atoms with Crippen LogP contribution < -0.4 is 0 Å². The Kier molecular flexibility index (Phi) is 6.47. The van der Waals surface area contributed by atoms with Crippen LogP contribution in [0.1, 0.15) is 27.6 Å². The molecule has 1 heterocycles. The van der Waals surface area contributed by atoms with Crippen molar-refractivity contribution in [3.8, 4) is 0 Å². The van der Waals surface area contributed by atoms with Crippen LogP contribution in [0.25, 0.3) is 0 Å². The zero-order valence-corrected chi connectivity index (χ0v) is 15.9. The second kappa shape index (κ2) is 8.26. The van der Waals surface area contributed by atoms with Crippen molar-refractivity contribution in [2.45, 2.75) is 11.4 Å². The normalized spacial score (nSPS) is 16.4. The van der Waals surface area contributed by atoms with Crippen LogP contribution in [0.15, 0.2) is 6.07 Å². The highest BCUT2D eigenvalue weighted by Crippen LogP contribution is 2.30. The predicted octanol–water partition coefficient (Wildman–Crippen LogP) is 2.65. The lowest BCUT2D eigenvalue weighted by Gasteiger charge is -2.30. The van der Waals surface area contributed by atoms with Crippen molar-refractivity contribution < 1.29 is 41.8 Å². The number of alkyl halides is 1. The van der Waals surface area contributed by atoms with Gasteiger partial charge in [-0.05, 0) is 28.9 Å². The minimum Gasteiger partial charge on any atom is -0.465 e. The summed E-state index contributed by atoms with van der Waals surface area (Å²) in [5.74, 6) is -7.85. The van der Waals surface area contributed by atoms with E-state index in [4.69, 9.17) is 9.47 Å². The van der Waals surface area contributed by atoms with E-state index in [1.54, 1.807) is 0 Å². The number of ether oxygens (including phenoxy) is 3. The molecule has 0 spiro atoms. The summed E-state index contributed by atoms with van der Waals surface area (Å²) in [6.07, 6.45) is -0.918. The van der Waals surface area contributed by atoms with Gasteiger partial charge in [0.2, 0.25) is 10.3 Å². The molecule has 7 nitrogen and oxygen atoms in total. The zero-order chi connectivity index (χ0) is 20.4. The Bertz CT molecular complexity index is 780. The SMILES string of the molecule is COC(=O)c1cc(F)c(C(=O)[C@](C)(Br)OC(=O)N2CCOCC2)c(F)c1F. The highest BCUT2D eigenvalue weighted by atomic mass is 79.9. The van der Waals surface area contributed by atoms with Crippen LogP contribution in [0.2, 0.25) is 0 Å². The van der Waals surface area contributed by atoms with Gasteiger partial charge < -0.3 is 19.1 Å². The van der Waals surface area contributed by atoms with Gasteiger partial charge in [-0.3, -0.25) is 4.79 Å². The van der Waals surface area contributed by atoms with E-state index in [9.17, 15) is 27.6 Å². The van der Waals surface area contributed by atoms with E-state index in [0.717, 1.165) is 14.0 Å². The fraction of sp³-hybridized carbons (Fsp3) is 0.438. The van der Waals surface area contributed by atoms with Crippen LogP contribution in [0.4, 0.5) is 18.0 Å². The largest absolute Gasteiger partial charge is 0.465 e. The number of hydrogen-bond acceptors (Lipinski definition) is 6. The van der Waals surface area contributed by atoms with Crippen LogP contribution in [-0.2, 0) is 14.2 Å². The van der Waals surface area contributed by atoms with Crippen LogP contribution in [0.3, 0.4) is 0 Å². The summed E-state index contributed by atoms with van der Waals surface area (Å²) in [7, 11) is 0.900. The molecule has 1 amide bonds. The van der Waals surface area contributed by atoms with E-state index in [-0.39, 0.29) is 26.3 Å². The molecule has 0 aromatic heterocycles. The van der Waals surface area contributed by atoms with Gasteiger partial charge >= 0.3 is 12.1 Å². The number of Topliss-reactive ketones (excluding diaryl/α,β-unsaturated/α-hetero) is 1. The van der Waals surface area contributed by atoms with Gasteiger partial charge in [-0.25, -0.2) is 22.8 Å². The van der Waals surface area contributed by atoms with Crippen molar-refractivity contribution in [2.75, 3.05) is 33.4 Å². The maximum absolute atomic E-state index is 14.3. The molecule has 148 valence electrons. The van der Waals surface area contributed by atoms with E-state index in [2.05, 4.69) is 20.7 Å². The Morgan fingerprint density at radius 1 is 1.19 bits per heavy atom. The molecule has 11 heteroatoms. The number of rotatable bonds is 4. The van der Waals surface area contributed by atoms with Crippen LogP contribution in [0.5, 0.6) is 0 Å². The lowest BCUT2D eigenvalue weighted by atomic mass is 10.0. The smallest absolute Gasteiger partial charge is 0.411 e. The fourth-order valence-corrected chi connectivity index (χ4v) is 2.64. The summed E-state index contributed by atoms with van der Waals surface area (Å²) >= 11 is 2.81. The van der Waals surface area contributed by atoms with E-state index < -0.39 is 50.9 Å². The fourth-order valence-electron chi connectivity index (χ4n) is 2.31. The third-order valence-electron chi connectivity index (χ3n) is 3.74. The Morgan fingerprint density at radius 3 is 2.33 bits per heavy atom. The number of amides is 1. The topological polar surface area (TPSA) is 82.1 Å². The van der Waals surface area contributed by atoms with Gasteiger partial charge in [0, 0.05) is 13.1 Å². The number of benzene rings is 1. The number of carbonyl (C=O) groups excluding carboxylic acids is 3. The third-order valence-corrected chi connectivity index (χ3v) is 4.27. The molecule has 1 saturated heterocycles. The van der Waals surface area contributed by atoms with Gasteiger partial charge in [-0.2, -0.15) is 0 Å². The summed E-state index contributed by atoms with van der Waals surface area (Å²) < 4.78 is 54.7. The quantitative estimate of drug-likeness (QED) is 0.301. The maximum atomic E-state index is 14.3. The first-order valence-corrected chi connectivity index (χ1v) is 8.44. The first-order valence-electron chi connectivity index (χ1n) is 7.65. The van der Waals surface area contributed by atoms with E-state index in [0.29, 0.717) is 6.07 Å². The number of esters is 1. The van der Waals surface area contributed by atoms with E-state index in [1.807, 2.05) is 0 Å². The van der Waals surface area contributed by atoms with Crippen molar-refractivity contribution in [3.05, 3.63) is 34.6 Å². The number of nitrogens with zero attached hydrogens (tertiary/aromatic N) is 1. The van der Waals surface area contributed by atoms with Crippen LogP contribution in [0, 0.1) is 17.5 Å². The Balaban J connectivity index is 2.31. The lowest BCUT2D eigenvalue weighted by molar-refractivity contribution is 0.0111. The Labute approximate surface area is 160 Å². The van der Waals surface area contributed by atoms with E-state index >= 15 is 0 Å². The lowest BCUT2D eigenvalue weighted by Crippen LogP contribution is -2.45. The second-order valence-corrected chi connectivity index (χ2v) is 7.13. The standard InChI is InChI=1S/C16H15BrF3NO6/c1-16(17,27-15(24)21-3-5-26-6-4-21)13(22)10-9(18)7-8(14(23)25-2)11(19)12(10)20/h7H,3-6H2,1-2H3/t16-/m1/s1. The van der Waals surface area contributed by atoms with Crippen molar-refractivity contribution in [1.29, 1.82) is 0 Å². The summed E-state index contributed by atoms with van der Waals surface area (Å²) in [6, 6.07) is 0.338. The second-order valence-electron chi connectivity index (χ2n) is 5.61. The molecule has 0 N–H and O–H groups in total. The highest BCUT2D eigenvalue weighted by molar-refractivity contribution is 9.10. The van der Waals surface area contributed by atoms with Gasteiger partial charge in [-0.1, -0.05) is 0 Å². The molecule has 27 heavy (non-hydrogen) atoms. The molecular formula is C16H15BrF3NO6. The molecule has 1 fully saturated rings. The molecule has 2 rings (SSSR count). The molecule has 0 unspecified atom stereocenters. The molecular weight excluding hydrogens is 439 g/mol. The van der Waals surface area contributed by atoms with Gasteiger partial charge in [0.05, 0.1) is 25.9 Å². The van der Waals surface area contributed by atoms with Gasteiger partial charge in [0.15, 0.2) is 11.6 Å². The first kappa shape index (κ1) is 21.2. The maximum Gasteiger partial charge on any atom is 0.411 e. The molecule has 0 bridgehead atoms. The molecule has 1 aliphatic rings. The number of hydrogen-bond donors (Lipinski definition) is 0. The number of ketones is 1. The van der Waals surface area contributed by atoms with Gasteiger partial charge in [0.25, 0.3) is 0 Å². The summed E-state index contributed by atoms with van der Waals surface area (Å²) in [6.45, 7) is 2.00. The molecule has 1 aromatic rings. The highest BCUT2D eigenvalue weighted by Gasteiger charge is 2.41. The number of carbonyl (C=O) groups is 3. The number of methoxy groups -OCH3 is 1. The molecule has 0 radical (unpaired) electrons. The number of halogens is 4. The average molecular weight is 454 g/mol. The van der Waals surface area contributed by atoms with Crippen molar-refractivity contribution >= 4 is 33.8 Å². The third kappa shape index (κ3) is 4.41. The Hall–Kier alpha value is -2.14. The summed E-state index contributed by atoms with van der Waals surface area (Å²) in [5, 5.41) is 0. The summed E-state index contributed by atoms with van der Waals surface area (Å²) in [5.41, 5.74) is -2.31. The number of morpholine rings is 1. The minimum atomic E-state index is -2.18. The molecule has 1 atom stereocenters. The summed E-state index contributed by atoms with van der Waals surface area (Å²) in [4.78, 5) is 37.2. The van der Waals surface area contributed by atoms with Crippen molar-refractivity contribution in [2.24, 2.45) is 0 Å². The van der Waals surface area contributed by atoms with Crippen LogP contribution in [-0.4, -0.2) is 60.7 Å². The minimum absolute atomic E-state index is 0.210. The monoisotopic (exact) mass is 453 g/mol. The Morgan fingerprint density at radius 2 is 1.78 bits per heavy atom. The predicted molar refractivity (Wildman–Crippen MR) is 88.2 cm³/mol. The van der Waals surface area contributed by atoms with Crippen molar-refractivity contribution in [3.63, 3.8) is 0 Å². The van der Waals surface area contributed by atoms with Gasteiger partial charge in [-0.15, -0.1) is 0 Å². The van der Waals surface area contributed by atoms with Crippen molar-refractivity contribution in [1.82, 2.24) is 4.90 Å². The molecule has 1 aromatic carbocycles. The van der Waals surface area contributed by atoms with E-state index in [1.165, 1.54) is 4.90 Å². The first-order chi connectivity index (χ1) is 12.6. The zero-order valence-electron chi connectivity index (χ0n) is 14.3. The van der Waals surface area contributed by atoms with Crippen LogP contribution >= 0.6 is 15.9 Å². The van der Waals surface area contributed by atoms with Gasteiger partial charge in [0.1, 0.15) is 11.4 Å². The molecule has 0 aliphatic carbocycles. The molecule has 1 aliphatic heterocycles. The average Bonchev–Trinajstić information content (AvgIpc) is 2.64. The molecule has 0 saturated carbocycles.